The second kappa shape index (κ2) is 5.06. The fraction of sp³-hybridized carbons (Fsp3) is 0.278. The van der Waals surface area contributed by atoms with Gasteiger partial charge in [0.05, 0.1) is 34.4 Å². The van der Waals surface area contributed by atoms with Gasteiger partial charge in [-0.05, 0) is 32.9 Å². The van der Waals surface area contributed by atoms with Crippen molar-refractivity contribution in [3.05, 3.63) is 41.7 Å². The predicted octanol–water partition coefficient (Wildman–Crippen LogP) is 3.55. The van der Waals surface area contributed by atoms with Crippen molar-refractivity contribution in [3.8, 4) is 22.5 Å². The Morgan fingerprint density at radius 1 is 1.08 bits per heavy atom. The predicted molar refractivity (Wildman–Crippen MR) is 92.6 cm³/mol. The van der Waals surface area contributed by atoms with Gasteiger partial charge in [-0.1, -0.05) is 5.16 Å². The van der Waals surface area contributed by atoms with Crippen molar-refractivity contribution in [2.24, 2.45) is 14.1 Å². The highest BCUT2D eigenvalue weighted by Crippen LogP contribution is 2.34. The molecule has 4 rings (SSSR count). The lowest BCUT2D eigenvalue weighted by Gasteiger charge is -2.07. The van der Waals surface area contributed by atoms with E-state index in [0.29, 0.717) is 0 Å². The average molecular weight is 321 g/mol. The Labute approximate surface area is 139 Å². The summed E-state index contributed by atoms with van der Waals surface area (Å²) in [4.78, 5) is 4.94. The first-order chi connectivity index (χ1) is 11.5. The van der Waals surface area contributed by atoms with Crippen molar-refractivity contribution < 1.29 is 4.52 Å². The summed E-state index contributed by atoms with van der Waals surface area (Å²) in [5, 5.41) is 9.49. The largest absolute Gasteiger partial charge is 0.361 e. The molecule has 0 fully saturated rings. The van der Waals surface area contributed by atoms with E-state index in [9.17, 15) is 0 Å². The van der Waals surface area contributed by atoms with Crippen molar-refractivity contribution in [1.82, 2.24) is 24.5 Å². The molecule has 4 heterocycles. The molecule has 0 radical (unpaired) electrons. The van der Waals surface area contributed by atoms with Crippen molar-refractivity contribution in [3.63, 3.8) is 0 Å². The van der Waals surface area contributed by atoms with Crippen LogP contribution in [0.25, 0.3) is 33.4 Å². The van der Waals surface area contributed by atoms with Crippen LogP contribution in [-0.2, 0) is 14.1 Å². The van der Waals surface area contributed by atoms with E-state index in [4.69, 9.17) is 9.51 Å². The van der Waals surface area contributed by atoms with Crippen molar-refractivity contribution >= 4 is 10.9 Å². The highest BCUT2D eigenvalue weighted by molar-refractivity contribution is 5.96. The number of fused-ring (bicyclic) bond motifs is 1. The van der Waals surface area contributed by atoms with Gasteiger partial charge in [0.1, 0.15) is 5.76 Å². The summed E-state index contributed by atoms with van der Waals surface area (Å²) in [6.07, 6.45) is 3.84. The van der Waals surface area contributed by atoms with Gasteiger partial charge in [0.25, 0.3) is 0 Å². The fourth-order valence-corrected chi connectivity index (χ4v) is 3.20. The smallest absolute Gasteiger partial charge is 0.143 e. The van der Waals surface area contributed by atoms with Gasteiger partial charge < -0.3 is 9.09 Å². The fourth-order valence-electron chi connectivity index (χ4n) is 3.20. The first-order valence-corrected chi connectivity index (χ1v) is 7.85. The highest BCUT2D eigenvalue weighted by atomic mass is 16.5. The van der Waals surface area contributed by atoms with Crippen LogP contribution in [0.1, 0.15) is 17.1 Å². The van der Waals surface area contributed by atoms with Gasteiger partial charge in [0.2, 0.25) is 0 Å². The Balaban J connectivity index is 2.08. The lowest BCUT2D eigenvalue weighted by Crippen LogP contribution is -1.94. The van der Waals surface area contributed by atoms with E-state index < -0.39 is 0 Å². The maximum Gasteiger partial charge on any atom is 0.143 e. The molecule has 0 aliphatic carbocycles. The molecule has 0 saturated carbocycles. The third kappa shape index (κ3) is 2.06. The molecule has 0 N–H and O–H groups in total. The molecule has 0 bridgehead atoms. The van der Waals surface area contributed by atoms with Crippen LogP contribution in [0, 0.1) is 20.8 Å². The van der Waals surface area contributed by atoms with Crippen LogP contribution >= 0.6 is 0 Å². The monoisotopic (exact) mass is 321 g/mol. The Hall–Kier alpha value is -2.89. The zero-order valence-corrected chi connectivity index (χ0v) is 14.5. The van der Waals surface area contributed by atoms with Crippen LogP contribution in [0.3, 0.4) is 0 Å². The molecule has 0 amide bonds. The van der Waals surface area contributed by atoms with Gasteiger partial charge in [0, 0.05) is 36.9 Å². The first kappa shape index (κ1) is 14.7. The number of aromatic nitrogens is 5. The van der Waals surface area contributed by atoms with Gasteiger partial charge in [0.15, 0.2) is 0 Å². The van der Waals surface area contributed by atoms with Gasteiger partial charge in [-0.25, -0.2) is 4.98 Å². The molecule has 4 aromatic rings. The summed E-state index contributed by atoms with van der Waals surface area (Å²) in [5.41, 5.74) is 6.94. The summed E-state index contributed by atoms with van der Waals surface area (Å²) >= 11 is 0. The maximum absolute atomic E-state index is 5.33. The average Bonchev–Trinajstić information content (AvgIpc) is 3.20. The normalized spacial score (nSPS) is 11.5. The molecular formula is C18H19N5O. The molecule has 0 aliphatic heterocycles. The zero-order chi connectivity index (χ0) is 17.0. The maximum atomic E-state index is 5.33. The van der Waals surface area contributed by atoms with E-state index >= 15 is 0 Å². The Kier molecular flexibility index (Phi) is 3.09. The molecule has 6 heteroatoms. The van der Waals surface area contributed by atoms with Gasteiger partial charge in [-0.3, -0.25) is 4.68 Å². The van der Waals surface area contributed by atoms with Crippen LogP contribution in [-0.4, -0.2) is 24.5 Å². The number of nitrogens with zero attached hydrogens (tertiary/aromatic N) is 5. The zero-order valence-electron chi connectivity index (χ0n) is 14.5. The summed E-state index contributed by atoms with van der Waals surface area (Å²) < 4.78 is 9.31. The van der Waals surface area contributed by atoms with E-state index in [1.54, 1.807) is 4.68 Å². The van der Waals surface area contributed by atoms with Crippen molar-refractivity contribution in [2.45, 2.75) is 20.8 Å². The minimum Gasteiger partial charge on any atom is -0.361 e. The van der Waals surface area contributed by atoms with E-state index in [0.717, 1.165) is 44.9 Å². The first-order valence-electron chi connectivity index (χ1n) is 7.85. The van der Waals surface area contributed by atoms with E-state index in [2.05, 4.69) is 40.9 Å². The summed E-state index contributed by atoms with van der Waals surface area (Å²) in [5.74, 6) is 0.780. The minimum absolute atomic E-state index is 0.780. The van der Waals surface area contributed by atoms with E-state index in [1.807, 2.05) is 33.3 Å². The lowest BCUT2D eigenvalue weighted by molar-refractivity contribution is 0.393. The van der Waals surface area contributed by atoms with Gasteiger partial charge in [-0.15, -0.1) is 0 Å². The number of pyridine rings is 1. The molecule has 0 spiro atoms. The molecule has 0 aliphatic rings. The molecule has 0 unspecified atom stereocenters. The molecule has 6 nitrogen and oxygen atoms in total. The van der Waals surface area contributed by atoms with Crippen LogP contribution in [0.4, 0.5) is 0 Å². The number of hydrogen-bond donors (Lipinski definition) is 0. The lowest BCUT2D eigenvalue weighted by atomic mass is 10.1. The molecule has 24 heavy (non-hydrogen) atoms. The highest BCUT2D eigenvalue weighted by Gasteiger charge is 2.18. The Morgan fingerprint density at radius 2 is 1.88 bits per heavy atom. The van der Waals surface area contributed by atoms with E-state index in [-0.39, 0.29) is 0 Å². The summed E-state index contributed by atoms with van der Waals surface area (Å²) in [6.45, 7) is 5.96. The van der Waals surface area contributed by atoms with Gasteiger partial charge in [-0.2, -0.15) is 5.10 Å². The van der Waals surface area contributed by atoms with Crippen LogP contribution < -0.4 is 0 Å². The van der Waals surface area contributed by atoms with Crippen molar-refractivity contribution in [2.75, 3.05) is 0 Å². The third-order valence-electron chi connectivity index (χ3n) is 4.55. The molecule has 0 aromatic carbocycles. The topological polar surface area (TPSA) is 61.7 Å². The minimum atomic E-state index is 0.780. The second-order valence-corrected chi connectivity index (χ2v) is 6.24. The quantitative estimate of drug-likeness (QED) is 0.566. The molecule has 0 atom stereocenters. The van der Waals surface area contributed by atoms with Crippen molar-refractivity contribution in [1.29, 1.82) is 0 Å². The molecular weight excluding hydrogens is 302 g/mol. The molecule has 0 saturated heterocycles. The summed E-state index contributed by atoms with van der Waals surface area (Å²) in [7, 11) is 3.98. The van der Waals surface area contributed by atoms with Crippen LogP contribution in [0.15, 0.2) is 29.0 Å². The standard InChI is InChI=1S/C18H19N5O/c1-10-6-14-16(23(10)5)7-15(17-11(2)21-24-12(17)3)20-18(14)13-8-19-22(4)9-13/h6-9H,1-5H3. The molecule has 4 aromatic heterocycles. The summed E-state index contributed by atoms with van der Waals surface area (Å²) in [6, 6.07) is 4.27. The van der Waals surface area contributed by atoms with Gasteiger partial charge >= 0.3 is 0 Å². The molecule has 122 valence electrons. The van der Waals surface area contributed by atoms with Crippen LogP contribution in [0.5, 0.6) is 0 Å². The Morgan fingerprint density at radius 3 is 2.50 bits per heavy atom. The third-order valence-corrected chi connectivity index (χ3v) is 4.55. The van der Waals surface area contributed by atoms with Crippen LogP contribution in [0.2, 0.25) is 0 Å². The SMILES string of the molecule is Cc1noc(C)c1-c1cc2c(cc(C)n2C)c(-c2cnn(C)c2)n1. The second-order valence-electron chi connectivity index (χ2n) is 6.24. The Bertz CT molecular complexity index is 1050. The van der Waals surface area contributed by atoms with E-state index in [1.165, 1.54) is 5.69 Å². The number of hydrogen-bond acceptors (Lipinski definition) is 4. The number of rotatable bonds is 2. The number of aryl methyl sites for hydroxylation is 5.